The van der Waals surface area contributed by atoms with E-state index in [-0.39, 0.29) is 17.0 Å². The van der Waals surface area contributed by atoms with Crippen LogP contribution in [0.25, 0.3) is 0 Å². The van der Waals surface area contributed by atoms with Gasteiger partial charge in [0.05, 0.1) is 31.5 Å². The second-order valence-electron chi connectivity index (χ2n) is 6.05. The van der Waals surface area contributed by atoms with E-state index in [0.717, 1.165) is 5.33 Å². The van der Waals surface area contributed by atoms with E-state index in [4.69, 9.17) is 0 Å². The quantitative estimate of drug-likeness (QED) is 0.233. The Labute approximate surface area is 147 Å². The average Bonchev–Trinajstić information content (AvgIpc) is 2.40. The molecular weight excluding hydrogens is 378 g/mol. The summed E-state index contributed by atoms with van der Waals surface area (Å²) >= 11 is 3.70. The van der Waals surface area contributed by atoms with Gasteiger partial charge in [0.1, 0.15) is 0 Å². The van der Waals surface area contributed by atoms with Gasteiger partial charge in [-0.2, -0.15) is 0 Å². The first-order valence-electron chi connectivity index (χ1n) is 8.65. The fourth-order valence-electron chi connectivity index (χ4n) is 2.94. The third-order valence-corrected chi connectivity index (χ3v) is 4.62. The van der Waals surface area contributed by atoms with Gasteiger partial charge in [-0.25, -0.2) is 0 Å². The van der Waals surface area contributed by atoms with Crippen LogP contribution in [0.1, 0.15) is 78.6 Å². The molecule has 0 saturated carbocycles. The van der Waals surface area contributed by atoms with Gasteiger partial charge in [0, 0.05) is 0 Å². The van der Waals surface area contributed by atoms with E-state index in [1.54, 1.807) is 0 Å². The highest BCUT2D eigenvalue weighted by atomic mass is 79.9. The summed E-state index contributed by atoms with van der Waals surface area (Å²) in [5.74, 6) is 0. The van der Waals surface area contributed by atoms with Crippen molar-refractivity contribution < 1.29 is 21.5 Å². The molecule has 0 radical (unpaired) electrons. The summed E-state index contributed by atoms with van der Waals surface area (Å²) in [4.78, 5) is 0. The highest BCUT2D eigenvalue weighted by Crippen LogP contribution is 2.16. The van der Waals surface area contributed by atoms with Gasteiger partial charge >= 0.3 is 0 Å². The van der Waals surface area contributed by atoms with Gasteiger partial charge in [-0.15, -0.1) is 0 Å². The Morgan fingerprint density at radius 2 is 0.950 bits per heavy atom. The summed E-state index contributed by atoms with van der Waals surface area (Å²) < 4.78 is 1.38. The van der Waals surface area contributed by atoms with Crippen LogP contribution in [-0.2, 0) is 0 Å². The largest absolute Gasteiger partial charge is 1.00 e. The van der Waals surface area contributed by atoms with Gasteiger partial charge in [-0.3, -0.25) is 0 Å². The van der Waals surface area contributed by atoms with Gasteiger partial charge in [0.2, 0.25) is 0 Å². The number of quaternary nitrogens is 1. The average molecular weight is 415 g/mol. The lowest BCUT2D eigenvalue weighted by Crippen LogP contribution is -3.00. The van der Waals surface area contributed by atoms with Crippen LogP contribution in [0, 0.1) is 0 Å². The van der Waals surface area contributed by atoms with Crippen LogP contribution >= 0.6 is 15.9 Å². The summed E-state index contributed by atoms with van der Waals surface area (Å²) in [5.41, 5.74) is 0. The molecule has 0 aromatic carbocycles. The van der Waals surface area contributed by atoms with Gasteiger partial charge in [0.15, 0.2) is 0 Å². The van der Waals surface area contributed by atoms with Crippen molar-refractivity contribution in [3.8, 4) is 0 Å². The summed E-state index contributed by atoms with van der Waals surface area (Å²) in [7, 11) is 0. The molecule has 0 spiro atoms. The van der Waals surface area contributed by atoms with Gasteiger partial charge in [0.25, 0.3) is 0 Å². The molecule has 0 amide bonds. The Hall–Kier alpha value is 0.920. The Kier molecular flexibility index (Phi) is 18.9. The normalized spacial score (nSPS) is 11.4. The molecule has 124 valence electrons. The first kappa shape index (κ1) is 23.2. The lowest BCUT2D eigenvalue weighted by atomic mass is 10.1. The molecule has 0 fully saturated rings. The van der Waals surface area contributed by atoms with Crippen LogP contribution < -0.4 is 17.0 Å². The van der Waals surface area contributed by atoms with E-state index in [9.17, 15) is 0 Å². The Balaban J connectivity index is 0. The molecule has 0 heterocycles. The molecule has 0 unspecified atom stereocenters. The molecule has 0 aliphatic carbocycles. The first-order chi connectivity index (χ1) is 9.24. The minimum absolute atomic E-state index is 0. The summed E-state index contributed by atoms with van der Waals surface area (Å²) in [6.07, 6.45) is 12.5. The lowest BCUT2D eigenvalue weighted by Gasteiger charge is -2.39. The predicted octanol–water partition coefficient (Wildman–Crippen LogP) is 2.77. The van der Waals surface area contributed by atoms with Crippen molar-refractivity contribution in [1.29, 1.82) is 0 Å². The fraction of sp³-hybridized carbons (Fsp3) is 1.00. The molecule has 20 heavy (non-hydrogen) atoms. The van der Waals surface area contributed by atoms with Crippen molar-refractivity contribution in [2.24, 2.45) is 0 Å². The fourth-order valence-corrected chi connectivity index (χ4v) is 3.69. The number of unbranched alkanes of at least 4 members (excludes halogenated alkanes) is 6. The maximum absolute atomic E-state index is 3.70. The van der Waals surface area contributed by atoms with Crippen molar-refractivity contribution in [2.45, 2.75) is 78.6 Å². The zero-order valence-electron chi connectivity index (χ0n) is 14.1. The second kappa shape index (κ2) is 16.3. The van der Waals surface area contributed by atoms with E-state index in [1.165, 1.54) is 88.4 Å². The smallest absolute Gasteiger partial charge is 0.0885 e. The molecule has 0 aromatic heterocycles. The SMILES string of the molecule is CCCCC[N+](CCBr)(CCCCC)CCCCC.[Br-]. The van der Waals surface area contributed by atoms with E-state index in [2.05, 4.69) is 36.7 Å². The molecule has 0 aliphatic rings. The topological polar surface area (TPSA) is 0 Å². The number of hydrogen-bond donors (Lipinski definition) is 0. The van der Waals surface area contributed by atoms with Gasteiger partial charge < -0.3 is 21.5 Å². The van der Waals surface area contributed by atoms with Crippen LogP contribution in [-0.4, -0.2) is 36.0 Å². The Morgan fingerprint density at radius 1 is 0.600 bits per heavy atom. The van der Waals surface area contributed by atoms with E-state index >= 15 is 0 Å². The number of rotatable bonds is 14. The third kappa shape index (κ3) is 11.6. The third-order valence-electron chi connectivity index (χ3n) is 4.27. The van der Waals surface area contributed by atoms with Crippen molar-refractivity contribution in [2.75, 3.05) is 31.5 Å². The summed E-state index contributed by atoms with van der Waals surface area (Å²) in [5, 5.41) is 1.16. The highest BCUT2D eigenvalue weighted by molar-refractivity contribution is 9.09. The summed E-state index contributed by atoms with van der Waals surface area (Å²) in [6, 6.07) is 0. The second-order valence-corrected chi connectivity index (χ2v) is 6.84. The van der Waals surface area contributed by atoms with E-state index in [0.29, 0.717) is 0 Å². The van der Waals surface area contributed by atoms with Gasteiger partial charge in [-0.1, -0.05) is 56.0 Å². The lowest BCUT2D eigenvalue weighted by molar-refractivity contribution is -0.926. The summed E-state index contributed by atoms with van der Waals surface area (Å²) in [6.45, 7) is 12.5. The standard InChI is InChI=1S/C17H37BrN.BrH/c1-4-7-10-14-19(17-13-18,15-11-8-5-2)16-12-9-6-3;/h4-17H2,1-3H3;1H/q+1;/p-1. The van der Waals surface area contributed by atoms with Crippen LogP contribution in [0.4, 0.5) is 0 Å². The van der Waals surface area contributed by atoms with Crippen molar-refractivity contribution >= 4 is 15.9 Å². The van der Waals surface area contributed by atoms with Crippen molar-refractivity contribution in [3.63, 3.8) is 0 Å². The van der Waals surface area contributed by atoms with Crippen LogP contribution in [0.2, 0.25) is 0 Å². The zero-order valence-corrected chi connectivity index (χ0v) is 17.3. The molecule has 1 nitrogen and oxygen atoms in total. The highest BCUT2D eigenvalue weighted by Gasteiger charge is 2.25. The molecule has 0 aromatic rings. The number of nitrogens with zero attached hydrogens (tertiary/aromatic N) is 1. The maximum atomic E-state index is 3.70. The zero-order chi connectivity index (χ0) is 14.4. The monoisotopic (exact) mass is 413 g/mol. The van der Waals surface area contributed by atoms with Crippen molar-refractivity contribution in [1.82, 2.24) is 0 Å². The first-order valence-corrected chi connectivity index (χ1v) is 9.77. The molecule has 3 heteroatoms. The molecule has 0 atom stereocenters. The molecule has 0 bridgehead atoms. The number of alkyl halides is 1. The van der Waals surface area contributed by atoms with E-state index < -0.39 is 0 Å². The number of halogens is 2. The maximum Gasteiger partial charge on any atom is 0.0885 e. The number of hydrogen-bond acceptors (Lipinski definition) is 0. The van der Waals surface area contributed by atoms with E-state index in [1.807, 2.05) is 0 Å². The molecular formula is C17H37Br2N. The predicted molar refractivity (Wildman–Crippen MR) is 92.1 cm³/mol. The Bertz CT molecular complexity index is 159. The molecule has 0 rings (SSSR count). The molecule has 0 aliphatic heterocycles. The van der Waals surface area contributed by atoms with Crippen molar-refractivity contribution in [3.05, 3.63) is 0 Å². The minimum atomic E-state index is 0. The minimum Gasteiger partial charge on any atom is -1.00 e. The Morgan fingerprint density at radius 3 is 1.20 bits per heavy atom. The molecule has 0 saturated heterocycles. The van der Waals surface area contributed by atoms with Gasteiger partial charge in [-0.05, 0) is 38.5 Å². The molecule has 0 N–H and O–H groups in total. The van der Waals surface area contributed by atoms with Crippen LogP contribution in [0.5, 0.6) is 0 Å². The van der Waals surface area contributed by atoms with Crippen LogP contribution in [0.15, 0.2) is 0 Å². The van der Waals surface area contributed by atoms with Crippen LogP contribution in [0.3, 0.4) is 0 Å².